The van der Waals surface area contributed by atoms with E-state index in [-0.39, 0.29) is 0 Å². The van der Waals surface area contributed by atoms with E-state index in [0.29, 0.717) is 5.41 Å². The Kier molecular flexibility index (Phi) is 5.50. The molecule has 1 aromatic rings. The number of hydrogen-bond donors (Lipinski definition) is 1. The van der Waals surface area contributed by atoms with E-state index in [1.807, 2.05) is 11.8 Å². The van der Waals surface area contributed by atoms with Crippen molar-refractivity contribution in [1.82, 2.24) is 0 Å². The summed E-state index contributed by atoms with van der Waals surface area (Å²) in [6, 6.07) is 8.87. The number of rotatable bonds is 4. The number of benzene rings is 1. The van der Waals surface area contributed by atoms with Gasteiger partial charge < -0.3 is 0 Å². The normalized spacial score (nSPS) is 19.4. The van der Waals surface area contributed by atoms with Crippen LogP contribution in [-0.4, -0.2) is 11.5 Å². The van der Waals surface area contributed by atoms with Crippen molar-refractivity contribution in [2.75, 3.05) is 11.5 Å². The van der Waals surface area contributed by atoms with E-state index in [2.05, 4.69) is 43.8 Å². The highest BCUT2D eigenvalue weighted by molar-refractivity contribution is 7.99. The van der Waals surface area contributed by atoms with Crippen LogP contribution in [0.2, 0.25) is 0 Å². The Labute approximate surface area is 121 Å². The van der Waals surface area contributed by atoms with Gasteiger partial charge in [0.05, 0.1) is 0 Å². The lowest BCUT2D eigenvalue weighted by atomic mass is 9.84. The van der Waals surface area contributed by atoms with Gasteiger partial charge in [-0.15, -0.1) is 11.8 Å². The van der Waals surface area contributed by atoms with Crippen molar-refractivity contribution >= 4 is 24.4 Å². The minimum Gasteiger partial charge on any atom is -0.179 e. The van der Waals surface area contributed by atoms with E-state index in [1.54, 1.807) is 0 Å². The fourth-order valence-corrected chi connectivity index (χ4v) is 4.66. The Morgan fingerprint density at radius 1 is 1.17 bits per heavy atom. The molecular weight excluding hydrogens is 256 g/mol. The molecule has 0 unspecified atom stereocenters. The van der Waals surface area contributed by atoms with Gasteiger partial charge in [0.15, 0.2) is 0 Å². The van der Waals surface area contributed by atoms with Crippen molar-refractivity contribution in [3.63, 3.8) is 0 Å². The minimum absolute atomic E-state index is 0.480. The van der Waals surface area contributed by atoms with Crippen LogP contribution >= 0.6 is 24.4 Å². The molecule has 2 rings (SSSR count). The first-order valence-electron chi connectivity index (χ1n) is 7.04. The lowest BCUT2D eigenvalue weighted by Crippen LogP contribution is -2.25. The van der Waals surface area contributed by atoms with Gasteiger partial charge in [0.1, 0.15) is 0 Å². The molecule has 2 heteroatoms. The molecule has 0 amide bonds. The molecule has 1 fully saturated rings. The van der Waals surface area contributed by atoms with Crippen LogP contribution in [0.5, 0.6) is 0 Å². The summed E-state index contributed by atoms with van der Waals surface area (Å²) >= 11 is 6.68. The Morgan fingerprint density at radius 2 is 1.89 bits per heavy atom. The second-order valence-electron chi connectivity index (χ2n) is 5.68. The van der Waals surface area contributed by atoms with Gasteiger partial charge in [-0.05, 0) is 43.1 Å². The summed E-state index contributed by atoms with van der Waals surface area (Å²) in [5.74, 6) is 2.28. The average molecular weight is 281 g/mol. The number of hydrogen-bond acceptors (Lipinski definition) is 2. The molecule has 1 aromatic carbocycles. The van der Waals surface area contributed by atoms with Gasteiger partial charge in [-0.2, -0.15) is 12.6 Å². The molecule has 0 nitrogen and oxygen atoms in total. The van der Waals surface area contributed by atoms with E-state index in [1.165, 1.54) is 54.7 Å². The van der Waals surface area contributed by atoms with Crippen LogP contribution in [0, 0.1) is 12.3 Å². The van der Waals surface area contributed by atoms with E-state index < -0.39 is 0 Å². The van der Waals surface area contributed by atoms with Crippen molar-refractivity contribution in [1.29, 1.82) is 0 Å². The lowest BCUT2D eigenvalue weighted by molar-refractivity contribution is 0.332. The molecule has 0 N–H and O–H groups in total. The van der Waals surface area contributed by atoms with Crippen LogP contribution in [0.1, 0.15) is 44.1 Å². The molecule has 0 spiro atoms. The first-order chi connectivity index (χ1) is 8.74. The van der Waals surface area contributed by atoms with Gasteiger partial charge in [0, 0.05) is 10.6 Å². The molecule has 1 aliphatic carbocycles. The maximum atomic E-state index is 4.65. The van der Waals surface area contributed by atoms with Crippen LogP contribution in [0.4, 0.5) is 0 Å². The maximum Gasteiger partial charge on any atom is 0.00747 e. The molecule has 100 valence electrons. The van der Waals surface area contributed by atoms with E-state index in [0.717, 1.165) is 5.75 Å². The summed E-state index contributed by atoms with van der Waals surface area (Å²) in [6.45, 7) is 2.17. The Morgan fingerprint density at radius 3 is 2.50 bits per heavy atom. The second kappa shape index (κ2) is 6.91. The van der Waals surface area contributed by atoms with Crippen LogP contribution in [-0.2, 0) is 0 Å². The third-order valence-electron chi connectivity index (χ3n) is 4.03. The lowest BCUT2D eigenvalue weighted by Gasteiger charge is -2.30. The zero-order valence-corrected chi connectivity index (χ0v) is 13.0. The Balaban J connectivity index is 1.97. The monoisotopic (exact) mass is 280 g/mol. The molecule has 0 bridgehead atoms. The minimum atomic E-state index is 0.480. The highest BCUT2D eigenvalue weighted by Gasteiger charge is 2.29. The van der Waals surface area contributed by atoms with Gasteiger partial charge in [-0.3, -0.25) is 0 Å². The zero-order chi connectivity index (χ0) is 12.8. The largest absolute Gasteiger partial charge is 0.179 e. The maximum absolute atomic E-state index is 4.65. The molecule has 0 aliphatic heterocycles. The highest BCUT2D eigenvalue weighted by atomic mass is 32.2. The third-order valence-corrected chi connectivity index (χ3v) is 6.05. The second-order valence-corrected chi connectivity index (χ2v) is 7.04. The van der Waals surface area contributed by atoms with Gasteiger partial charge in [0.25, 0.3) is 0 Å². The van der Waals surface area contributed by atoms with E-state index >= 15 is 0 Å². The summed E-state index contributed by atoms with van der Waals surface area (Å²) in [7, 11) is 0. The zero-order valence-electron chi connectivity index (χ0n) is 11.3. The topological polar surface area (TPSA) is 0 Å². The molecule has 1 aliphatic rings. The summed E-state index contributed by atoms with van der Waals surface area (Å²) in [5.41, 5.74) is 1.84. The predicted octanol–water partition coefficient (Wildman–Crippen LogP) is 5.36. The van der Waals surface area contributed by atoms with Crippen molar-refractivity contribution < 1.29 is 0 Å². The summed E-state index contributed by atoms with van der Waals surface area (Å²) in [6.07, 6.45) is 8.38. The summed E-state index contributed by atoms with van der Waals surface area (Å²) in [5, 5.41) is 0. The van der Waals surface area contributed by atoms with Gasteiger partial charge in [-0.1, -0.05) is 43.4 Å². The third kappa shape index (κ3) is 3.96. The van der Waals surface area contributed by atoms with Crippen molar-refractivity contribution in [2.24, 2.45) is 5.41 Å². The average Bonchev–Trinajstić information content (AvgIpc) is 2.63. The number of thioether (sulfide) groups is 1. The fraction of sp³-hybridized carbons (Fsp3) is 0.625. The Bertz CT molecular complexity index is 365. The van der Waals surface area contributed by atoms with Gasteiger partial charge >= 0.3 is 0 Å². The van der Waals surface area contributed by atoms with Crippen LogP contribution in [0.25, 0.3) is 0 Å². The van der Waals surface area contributed by atoms with Crippen molar-refractivity contribution in [3.05, 3.63) is 29.8 Å². The van der Waals surface area contributed by atoms with Gasteiger partial charge in [-0.25, -0.2) is 0 Å². The summed E-state index contributed by atoms with van der Waals surface area (Å²) < 4.78 is 0. The van der Waals surface area contributed by atoms with Gasteiger partial charge in [0.2, 0.25) is 0 Å². The SMILES string of the molecule is Cc1cccc(SCC2(CS)CCCCCC2)c1. The molecule has 0 heterocycles. The fourth-order valence-electron chi connectivity index (χ4n) is 2.77. The molecule has 1 saturated carbocycles. The van der Waals surface area contributed by atoms with E-state index in [9.17, 15) is 0 Å². The molecule has 0 atom stereocenters. The molecule has 0 aromatic heterocycles. The Hall–Kier alpha value is -0.0800. The van der Waals surface area contributed by atoms with Crippen LogP contribution in [0.15, 0.2) is 29.2 Å². The first kappa shape index (κ1) is 14.3. The standard InChI is InChI=1S/C16H24S2/c1-14-7-6-8-15(11-14)18-13-16(12-17)9-4-2-3-5-10-16/h6-8,11,17H,2-5,9-10,12-13H2,1H3. The van der Waals surface area contributed by atoms with Crippen molar-refractivity contribution in [2.45, 2.75) is 50.3 Å². The van der Waals surface area contributed by atoms with Crippen LogP contribution in [0.3, 0.4) is 0 Å². The number of thiol groups is 1. The smallest absolute Gasteiger partial charge is 0.00747 e. The highest BCUT2D eigenvalue weighted by Crippen LogP contribution is 2.40. The van der Waals surface area contributed by atoms with Crippen molar-refractivity contribution in [3.8, 4) is 0 Å². The molecule has 0 radical (unpaired) electrons. The number of aryl methyl sites for hydroxylation is 1. The molecule has 0 saturated heterocycles. The molecular formula is C16H24S2. The molecule has 18 heavy (non-hydrogen) atoms. The predicted molar refractivity (Wildman–Crippen MR) is 85.9 cm³/mol. The first-order valence-corrected chi connectivity index (χ1v) is 8.66. The quantitative estimate of drug-likeness (QED) is 0.440. The van der Waals surface area contributed by atoms with E-state index in [4.69, 9.17) is 0 Å². The summed E-state index contributed by atoms with van der Waals surface area (Å²) in [4.78, 5) is 1.42. The van der Waals surface area contributed by atoms with Crippen LogP contribution < -0.4 is 0 Å².